The van der Waals surface area contributed by atoms with Crippen molar-refractivity contribution in [3.8, 4) is 5.75 Å². The van der Waals surface area contributed by atoms with Gasteiger partial charge in [-0.05, 0) is 42.1 Å². The molecule has 0 saturated carbocycles. The molecule has 0 spiro atoms. The number of likely N-dealkylation sites (tertiary alicyclic amines) is 1. The van der Waals surface area contributed by atoms with Gasteiger partial charge in [0.1, 0.15) is 11.5 Å². The molecule has 2 aliphatic heterocycles. The second-order valence-electron chi connectivity index (χ2n) is 7.65. The molecule has 1 atom stereocenters. The first-order chi connectivity index (χ1) is 15.0. The van der Waals surface area contributed by atoms with Crippen LogP contribution in [-0.2, 0) is 14.3 Å². The molecule has 31 heavy (non-hydrogen) atoms. The summed E-state index contributed by atoms with van der Waals surface area (Å²) in [7, 11) is 1.58. The molecule has 7 nitrogen and oxygen atoms in total. The van der Waals surface area contributed by atoms with Crippen molar-refractivity contribution < 1.29 is 24.2 Å². The number of hydrogen-bond donors (Lipinski definition) is 1. The topological polar surface area (TPSA) is 79.3 Å². The van der Waals surface area contributed by atoms with Gasteiger partial charge >= 0.3 is 0 Å². The Kier molecular flexibility index (Phi) is 6.41. The fraction of sp³-hybridized carbons (Fsp3) is 0.391. The fourth-order valence-electron chi connectivity index (χ4n) is 4.11. The van der Waals surface area contributed by atoms with Crippen molar-refractivity contribution in [2.45, 2.75) is 13.0 Å². The van der Waals surface area contributed by atoms with E-state index in [0.29, 0.717) is 37.6 Å². The van der Waals surface area contributed by atoms with Crippen LogP contribution in [0.3, 0.4) is 0 Å². The van der Waals surface area contributed by atoms with Crippen LogP contribution in [0.2, 0.25) is 0 Å². The SMILES string of the molecule is COc1ccc(/C(O)=C2\C(=O)C(=O)N(CCN3CCOCC3)[C@@H]2c2cccs2)cc1C. The highest BCUT2D eigenvalue weighted by molar-refractivity contribution is 7.10. The highest BCUT2D eigenvalue weighted by atomic mass is 32.1. The van der Waals surface area contributed by atoms with E-state index < -0.39 is 17.7 Å². The van der Waals surface area contributed by atoms with Gasteiger partial charge in [-0.2, -0.15) is 0 Å². The lowest BCUT2D eigenvalue weighted by molar-refractivity contribution is -0.140. The number of nitrogens with zero attached hydrogens (tertiary/aromatic N) is 2. The Labute approximate surface area is 185 Å². The Morgan fingerprint density at radius 3 is 2.65 bits per heavy atom. The van der Waals surface area contributed by atoms with Gasteiger partial charge in [-0.3, -0.25) is 14.5 Å². The average molecular weight is 443 g/mol. The Morgan fingerprint density at radius 1 is 1.23 bits per heavy atom. The van der Waals surface area contributed by atoms with Crippen molar-refractivity contribution in [3.63, 3.8) is 0 Å². The van der Waals surface area contributed by atoms with Crippen LogP contribution in [0.4, 0.5) is 0 Å². The third-order valence-corrected chi connectivity index (χ3v) is 6.71. The number of Topliss-reactive ketones (excluding diaryl/α,β-unsaturated/α-hetero) is 1. The van der Waals surface area contributed by atoms with E-state index in [0.717, 1.165) is 23.5 Å². The average Bonchev–Trinajstić information content (AvgIpc) is 3.40. The minimum Gasteiger partial charge on any atom is -0.507 e. The second kappa shape index (κ2) is 9.21. The number of aryl methyl sites for hydroxylation is 1. The third kappa shape index (κ3) is 4.23. The molecule has 1 aromatic heterocycles. The molecule has 2 aliphatic rings. The molecule has 0 bridgehead atoms. The molecule has 1 N–H and O–H groups in total. The van der Waals surface area contributed by atoms with E-state index in [4.69, 9.17) is 9.47 Å². The van der Waals surface area contributed by atoms with E-state index >= 15 is 0 Å². The number of hydrogen-bond acceptors (Lipinski definition) is 7. The molecule has 4 rings (SSSR count). The van der Waals surface area contributed by atoms with Gasteiger partial charge in [-0.25, -0.2) is 0 Å². The molecular formula is C23H26N2O5S. The molecule has 2 fully saturated rings. The first-order valence-electron chi connectivity index (χ1n) is 10.3. The maximum Gasteiger partial charge on any atom is 0.295 e. The number of amides is 1. The number of rotatable bonds is 6. The summed E-state index contributed by atoms with van der Waals surface area (Å²) in [5.74, 6) is -0.682. The summed E-state index contributed by atoms with van der Waals surface area (Å²) in [5.41, 5.74) is 1.46. The summed E-state index contributed by atoms with van der Waals surface area (Å²) in [6.07, 6.45) is 0. The first-order valence-corrected chi connectivity index (χ1v) is 11.2. The van der Waals surface area contributed by atoms with E-state index in [-0.39, 0.29) is 11.3 Å². The lowest BCUT2D eigenvalue weighted by atomic mass is 9.99. The van der Waals surface area contributed by atoms with E-state index in [1.54, 1.807) is 30.2 Å². The number of ketones is 1. The summed E-state index contributed by atoms with van der Waals surface area (Å²) >= 11 is 1.47. The zero-order valence-corrected chi connectivity index (χ0v) is 18.5. The summed E-state index contributed by atoms with van der Waals surface area (Å²) in [6, 6.07) is 8.41. The minimum absolute atomic E-state index is 0.138. The van der Waals surface area contributed by atoms with Crippen molar-refractivity contribution in [2.75, 3.05) is 46.5 Å². The number of methoxy groups -OCH3 is 1. The maximum atomic E-state index is 13.0. The number of morpholine rings is 1. The Bertz CT molecular complexity index is 995. The monoisotopic (exact) mass is 442 g/mol. The Morgan fingerprint density at radius 2 is 2.00 bits per heavy atom. The van der Waals surface area contributed by atoms with Crippen LogP contribution < -0.4 is 4.74 Å². The number of aliphatic hydroxyl groups excluding tert-OH is 1. The van der Waals surface area contributed by atoms with Crippen LogP contribution in [0, 0.1) is 6.92 Å². The van der Waals surface area contributed by atoms with Crippen LogP contribution >= 0.6 is 11.3 Å². The molecule has 0 radical (unpaired) electrons. The van der Waals surface area contributed by atoms with Crippen LogP contribution in [0.15, 0.2) is 41.3 Å². The summed E-state index contributed by atoms with van der Waals surface area (Å²) in [6.45, 7) is 5.88. The quantitative estimate of drug-likeness (QED) is 0.421. The second-order valence-corrected chi connectivity index (χ2v) is 8.63. The number of ether oxygens (including phenoxy) is 2. The van der Waals surface area contributed by atoms with Gasteiger partial charge in [0.25, 0.3) is 11.7 Å². The summed E-state index contributed by atoms with van der Waals surface area (Å²) in [5, 5.41) is 13.0. The predicted octanol–water partition coefficient (Wildman–Crippen LogP) is 2.82. The molecule has 0 aliphatic carbocycles. The van der Waals surface area contributed by atoms with E-state index in [9.17, 15) is 14.7 Å². The van der Waals surface area contributed by atoms with Crippen molar-refractivity contribution in [2.24, 2.45) is 0 Å². The largest absolute Gasteiger partial charge is 0.507 e. The predicted molar refractivity (Wildman–Crippen MR) is 118 cm³/mol. The van der Waals surface area contributed by atoms with Gasteiger partial charge in [-0.15, -0.1) is 11.3 Å². The van der Waals surface area contributed by atoms with E-state index in [1.165, 1.54) is 11.3 Å². The molecular weight excluding hydrogens is 416 g/mol. The van der Waals surface area contributed by atoms with Gasteiger partial charge in [-0.1, -0.05) is 6.07 Å². The lowest BCUT2D eigenvalue weighted by Gasteiger charge is -2.30. The normalized spacial score (nSPS) is 21.6. The van der Waals surface area contributed by atoms with Gasteiger partial charge in [0.05, 0.1) is 31.9 Å². The Hall–Kier alpha value is -2.68. The van der Waals surface area contributed by atoms with E-state index in [1.807, 2.05) is 24.4 Å². The van der Waals surface area contributed by atoms with Crippen LogP contribution in [0.25, 0.3) is 5.76 Å². The van der Waals surface area contributed by atoms with Crippen LogP contribution in [0.5, 0.6) is 5.75 Å². The molecule has 0 unspecified atom stereocenters. The highest BCUT2D eigenvalue weighted by Gasteiger charge is 2.46. The standard InChI is InChI=1S/C23H26N2O5S/c1-15-14-16(5-6-17(15)29-2)21(26)19-20(18-4-3-13-31-18)25(23(28)22(19)27)8-7-24-9-11-30-12-10-24/h3-6,13-14,20,26H,7-12H2,1-2H3/b21-19+/t20-/m1/s1. The molecule has 2 saturated heterocycles. The zero-order chi connectivity index (χ0) is 22.0. The van der Waals surface area contributed by atoms with Gasteiger partial charge in [0, 0.05) is 36.6 Å². The summed E-state index contributed by atoms with van der Waals surface area (Å²) in [4.78, 5) is 30.7. The smallest absolute Gasteiger partial charge is 0.295 e. The number of carbonyl (C=O) groups is 2. The number of benzene rings is 1. The molecule has 2 aromatic rings. The van der Waals surface area contributed by atoms with Crippen molar-refractivity contribution in [1.82, 2.24) is 9.80 Å². The molecule has 1 aromatic carbocycles. The third-order valence-electron chi connectivity index (χ3n) is 5.78. The molecule has 8 heteroatoms. The highest BCUT2D eigenvalue weighted by Crippen LogP contribution is 2.41. The lowest BCUT2D eigenvalue weighted by Crippen LogP contribution is -2.42. The van der Waals surface area contributed by atoms with Crippen LogP contribution in [-0.4, -0.2) is 73.1 Å². The van der Waals surface area contributed by atoms with Gasteiger partial charge in [0.2, 0.25) is 0 Å². The van der Waals surface area contributed by atoms with Gasteiger partial charge < -0.3 is 19.5 Å². The van der Waals surface area contributed by atoms with Gasteiger partial charge in [0.15, 0.2) is 0 Å². The van der Waals surface area contributed by atoms with Crippen molar-refractivity contribution in [3.05, 3.63) is 57.3 Å². The molecule has 1 amide bonds. The maximum absolute atomic E-state index is 13.0. The zero-order valence-electron chi connectivity index (χ0n) is 17.7. The minimum atomic E-state index is -0.647. The summed E-state index contributed by atoms with van der Waals surface area (Å²) < 4.78 is 10.7. The first kappa shape index (κ1) is 21.5. The van der Waals surface area contributed by atoms with Crippen molar-refractivity contribution >= 4 is 28.8 Å². The molecule has 3 heterocycles. The molecule has 164 valence electrons. The number of carbonyl (C=O) groups excluding carboxylic acids is 2. The van der Waals surface area contributed by atoms with Crippen molar-refractivity contribution in [1.29, 1.82) is 0 Å². The number of aliphatic hydroxyl groups is 1. The fourth-order valence-corrected chi connectivity index (χ4v) is 4.95. The number of thiophene rings is 1. The van der Waals surface area contributed by atoms with E-state index in [2.05, 4.69) is 4.90 Å². The Balaban J connectivity index is 1.70. The van der Waals surface area contributed by atoms with Crippen LogP contribution in [0.1, 0.15) is 22.0 Å².